The summed E-state index contributed by atoms with van der Waals surface area (Å²) < 4.78 is 31.6. The highest BCUT2D eigenvalue weighted by atomic mass is 19.1. The van der Waals surface area contributed by atoms with E-state index in [1.165, 1.54) is 12.4 Å². The smallest absolute Gasteiger partial charge is 0.258 e. The highest BCUT2D eigenvalue weighted by Gasteiger charge is 2.11. The number of hydrogen-bond donors (Lipinski definition) is 2. The maximum absolute atomic E-state index is 13.6. The summed E-state index contributed by atoms with van der Waals surface area (Å²) in [5, 5.41) is 5.38. The Morgan fingerprint density at radius 2 is 1.78 bits per heavy atom. The third kappa shape index (κ3) is 4.75. The molecule has 0 saturated heterocycles. The number of nitrogens with one attached hydrogen (secondary N) is 2. The zero-order valence-corrected chi connectivity index (χ0v) is 14.4. The van der Waals surface area contributed by atoms with Crippen LogP contribution in [0.1, 0.15) is 15.9 Å². The van der Waals surface area contributed by atoms with Crippen LogP contribution in [0.3, 0.4) is 0 Å². The van der Waals surface area contributed by atoms with E-state index in [-0.39, 0.29) is 11.3 Å². The van der Waals surface area contributed by atoms with Crippen molar-refractivity contribution in [2.45, 2.75) is 6.54 Å². The highest BCUT2D eigenvalue weighted by Crippen LogP contribution is 2.16. The van der Waals surface area contributed by atoms with E-state index in [0.717, 1.165) is 23.4 Å². The van der Waals surface area contributed by atoms with Crippen LogP contribution in [0, 0.1) is 11.6 Å². The first kappa shape index (κ1) is 18.2. The molecule has 1 heterocycles. The molecule has 0 aliphatic rings. The van der Waals surface area contributed by atoms with Crippen LogP contribution in [0.4, 0.5) is 20.4 Å². The first-order valence-electron chi connectivity index (χ1n) is 8.00. The van der Waals surface area contributed by atoms with Gasteiger partial charge in [0, 0.05) is 25.0 Å². The fourth-order valence-electron chi connectivity index (χ4n) is 2.25. The molecule has 3 aromatic rings. The lowest BCUT2D eigenvalue weighted by Gasteiger charge is -2.08. The molecule has 6 nitrogen and oxygen atoms in total. The first-order valence-corrected chi connectivity index (χ1v) is 8.00. The van der Waals surface area contributed by atoms with Crippen molar-refractivity contribution in [2.75, 3.05) is 17.7 Å². The molecule has 0 bridgehead atoms. The van der Waals surface area contributed by atoms with Gasteiger partial charge in [-0.2, -0.15) is 0 Å². The molecule has 0 saturated carbocycles. The minimum atomic E-state index is -0.859. The van der Waals surface area contributed by atoms with E-state index in [4.69, 9.17) is 4.74 Å². The van der Waals surface area contributed by atoms with Gasteiger partial charge in [-0.25, -0.2) is 18.7 Å². The SMILES string of the molecule is COc1ccc(CNc2ncc(C(=O)Nc3ccc(F)cc3F)cn2)cc1. The number of halogens is 2. The summed E-state index contributed by atoms with van der Waals surface area (Å²) in [5.74, 6) is -1.07. The van der Waals surface area contributed by atoms with E-state index in [9.17, 15) is 13.6 Å². The van der Waals surface area contributed by atoms with Crippen LogP contribution in [-0.2, 0) is 6.54 Å². The molecule has 0 aliphatic heterocycles. The predicted octanol–water partition coefficient (Wildman–Crippen LogP) is 3.63. The first-order chi connectivity index (χ1) is 13.0. The van der Waals surface area contributed by atoms with Crippen LogP contribution in [0.5, 0.6) is 5.75 Å². The molecular weight excluding hydrogens is 354 g/mol. The van der Waals surface area contributed by atoms with Crippen molar-refractivity contribution < 1.29 is 18.3 Å². The average molecular weight is 370 g/mol. The monoisotopic (exact) mass is 370 g/mol. The standard InChI is InChI=1S/C19H16F2N4O2/c1-27-15-5-2-12(3-6-15)9-22-19-23-10-13(11-24-19)18(26)25-17-7-4-14(20)8-16(17)21/h2-8,10-11H,9H2,1H3,(H,25,26)(H,22,23,24). The molecular formula is C19H16F2N4O2. The number of anilines is 2. The summed E-state index contributed by atoms with van der Waals surface area (Å²) >= 11 is 0. The van der Waals surface area contributed by atoms with Gasteiger partial charge in [-0.3, -0.25) is 4.79 Å². The van der Waals surface area contributed by atoms with Gasteiger partial charge in [-0.15, -0.1) is 0 Å². The molecule has 0 aliphatic carbocycles. The van der Waals surface area contributed by atoms with Crippen LogP contribution in [0.2, 0.25) is 0 Å². The summed E-state index contributed by atoms with van der Waals surface area (Å²) in [4.78, 5) is 20.2. The predicted molar refractivity (Wildman–Crippen MR) is 96.7 cm³/mol. The van der Waals surface area contributed by atoms with Gasteiger partial charge in [0.25, 0.3) is 5.91 Å². The number of ether oxygens (including phenoxy) is 1. The molecule has 0 atom stereocenters. The molecule has 1 amide bonds. The Morgan fingerprint density at radius 1 is 1.07 bits per heavy atom. The second kappa shape index (κ2) is 8.22. The molecule has 8 heteroatoms. The van der Waals surface area contributed by atoms with E-state index in [0.29, 0.717) is 18.6 Å². The number of hydrogen-bond acceptors (Lipinski definition) is 5. The van der Waals surface area contributed by atoms with E-state index < -0.39 is 17.5 Å². The van der Waals surface area contributed by atoms with Crippen LogP contribution in [-0.4, -0.2) is 23.0 Å². The molecule has 0 radical (unpaired) electrons. The van der Waals surface area contributed by atoms with Crippen LogP contribution in [0.15, 0.2) is 54.9 Å². The van der Waals surface area contributed by atoms with Crippen molar-refractivity contribution in [1.82, 2.24) is 9.97 Å². The van der Waals surface area contributed by atoms with Crippen molar-refractivity contribution in [2.24, 2.45) is 0 Å². The molecule has 0 fully saturated rings. The van der Waals surface area contributed by atoms with Crippen LogP contribution >= 0.6 is 0 Å². The van der Waals surface area contributed by atoms with Crippen molar-refractivity contribution >= 4 is 17.5 Å². The quantitative estimate of drug-likeness (QED) is 0.693. The molecule has 2 aromatic carbocycles. The van der Waals surface area contributed by atoms with Gasteiger partial charge in [-0.1, -0.05) is 12.1 Å². The molecule has 0 spiro atoms. The topological polar surface area (TPSA) is 76.1 Å². The lowest BCUT2D eigenvalue weighted by Crippen LogP contribution is -2.14. The summed E-state index contributed by atoms with van der Waals surface area (Å²) in [5.41, 5.74) is 1.03. The Hall–Kier alpha value is -3.55. The molecule has 0 unspecified atom stereocenters. The fraction of sp³-hybridized carbons (Fsp3) is 0.105. The maximum Gasteiger partial charge on any atom is 0.258 e. The van der Waals surface area contributed by atoms with Crippen molar-refractivity contribution in [3.05, 3.63) is 77.6 Å². The number of benzene rings is 2. The molecule has 2 N–H and O–H groups in total. The Morgan fingerprint density at radius 3 is 2.41 bits per heavy atom. The second-order valence-electron chi connectivity index (χ2n) is 5.58. The summed E-state index contributed by atoms with van der Waals surface area (Å²) in [6.07, 6.45) is 2.64. The third-order valence-corrected chi connectivity index (χ3v) is 3.70. The Labute approximate surface area is 154 Å². The number of carbonyl (C=O) groups is 1. The number of rotatable bonds is 6. The van der Waals surface area contributed by atoms with Gasteiger partial charge >= 0.3 is 0 Å². The zero-order chi connectivity index (χ0) is 19.2. The van der Waals surface area contributed by atoms with Crippen LogP contribution in [0.25, 0.3) is 0 Å². The number of nitrogens with zero attached hydrogens (tertiary/aromatic N) is 2. The van der Waals surface area contributed by atoms with Crippen LogP contribution < -0.4 is 15.4 Å². The molecule has 27 heavy (non-hydrogen) atoms. The van der Waals surface area contributed by atoms with Crippen molar-refractivity contribution in [3.63, 3.8) is 0 Å². The molecule has 138 valence electrons. The largest absolute Gasteiger partial charge is 0.497 e. The molecule has 3 rings (SSSR count). The Balaban J connectivity index is 1.59. The average Bonchev–Trinajstić information content (AvgIpc) is 2.69. The van der Waals surface area contributed by atoms with E-state index >= 15 is 0 Å². The number of methoxy groups -OCH3 is 1. The van der Waals surface area contributed by atoms with Gasteiger partial charge < -0.3 is 15.4 Å². The lowest BCUT2D eigenvalue weighted by molar-refractivity contribution is 0.102. The van der Waals surface area contributed by atoms with E-state index in [1.807, 2.05) is 24.3 Å². The van der Waals surface area contributed by atoms with Crippen molar-refractivity contribution in [1.29, 1.82) is 0 Å². The van der Waals surface area contributed by atoms with E-state index in [2.05, 4.69) is 20.6 Å². The summed E-state index contributed by atoms with van der Waals surface area (Å²) in [7, 11) is 1.60. The number of aromatic nitrogens is 2. The number of carbonyl (C=O) groups excluding carboxylic acids is 1. The summed E-state index contributed by atoms with van der Waals surface area (Å²) in [6, 6.07) is 10.4. The van der Waals surface area contributed by atoms with Crippen molar-refractivity contribution in [3.8, 4) is 5.75 Å². The minimum absolute atomic E-state index is 0.122. The minimum Gasteiger partial charge on any atom is -0.497 e. The summed E-state index contributed by atoms with van der Waals surface area (Å²) in [6.45, 7) is 0.496. The zero-order valence-electron chi connectivity index (χ0n) is 14.4. The van der Waals surface area contributed by atoms with Gasteiger partial charge in [0.2, 0.25) is 5.95 Å². The maximum atomic E-state index is 13.6. The molecule has 1 aromatic heterocycles. The Bertz CT molecular complexity index is 931. The fourth-order valence-corrected chi connectivity index (χ4v) is 2.25. The lowest BCUT2D eigenvalue weighted by atomic mass is 10.2. The second-order valence-corrected chi connectivity index (χ2v) is 5.58. The van der Waals surface area contributed by atoms with Gasteiger partial charge in [0.15, 0.2) is 0 Å². The van der Waals surface area contributed by atoms with E-state index in [1.54, 1.807) is 7.11 Å². The van der Waals surface area contributed by atoms with Gasteiger partial charge in [-0.05, 0) is 29.8 Å². The Kier molecular flexibility index (Phi) is 5.55. The van der Waals surface area contributed by atoms with Gasteiger partial charge in [0.1, 0.15) is 17.4 Å². The number of amides is 1. The van der Waals surface area contributed by atoms with Gasteiger partial charge in [0.05, 0.1) is 18.4 Å². The third-order valence-electron chi connectivity index (χ3n) is 3.70. The highest BCUT2D eigenvalue weighted by molar-refractivity contribution is 6.03. The normalized spacial score (nSPS) is 10.3.